The minimum Gasteiger partial charge on any atom is -0.494 e. The van der Waals surface area contributed by atoms with Crippen molar-refractivity contribution in [2.45, 2.75) is 38.3 Å². The van der Waals surface area contributed by atoms with Gasteiger partial charge in [0.25, 0.3) is 0 Å². The first kappa shape index (κ1) is 22.4. The Labute approximate surface area is 183 Å². The third kappa shape index (κ3) is 6.86. The molecule has 0 aliphatic heterocycles. The fourth-order valence-corrected chi connectivity index (χ4v) is 3.10. The molecule has 5 nitrogen and oxygen atoms in total. The molecule has 0 saturated carbocycles. The lowest BCUT2D eigenvalue weighted by Crippen LogP contribution is -2.48. The summed E-state index contributed by atoms with van der Waals surface area (Å²) in [6.45, 7) is 2.59. The highest BCUT2D eigenvalue weighted by Gasteiger charge is 2.33. The Balaban J connectivity index is 1.42. The van der Waals surface area contributed by atoms with Gasteiger partial charge in [-0.2, -0.15) is 0 Å². The number of esters is 1. The summed E-state index contributed by atoms with van der Waals surface area (Å²) in [6.07, 6.45) is 1.64. The maximum absolute atomic E-state index is 12.5. The average Bonchev–Trinajstić information content (AvgIpc) is 2.82. The molecule has 0 aliphatic rings. The van der Waals surface area contributed by atoms with Crippen molar-refractivity contribution in [3.05, 3.63) is 90.5 Å². The number of nitrogens with two attached hydrogens (primary N) is 1. The maximum Gasteiger partial charge on any atom is 0.326 e. The third-order valence-electron chi connectivity index (χ3n) is 5.09. The number of carbonyl (C=O) groups is 1. The molecule has 3 rings (SSSR count). The Morgan fingerprint density at radius 2 is 1.42 bits per heavy atom. The number of para-hydroxylation sites is 1. The lowest BCUT2D eigenvalue weighted by atomic mass is 9.92. The summed E-state index contributed by atoms with van der Waals surface area (Å²) < 4.78 is 17.0. The van der Waals surface area contributed by atoms with Gasteiger partial charge >= 0.3 is 5.97 Å². The average molecular weight is 420 g/mol. The molecule has 31 heavy (non-hydrogen) atoms. The normalized spacial score (nSPS) is 12.6. The van der Waals surface area contributed by atoms with Crippen LogP contribution in [0.1, 0.15) is 31.7 Å². The van der Waals surface area contributed by atoms with Crippen molar-refractivity contribution in [2.24, 2.45) is 5.73 Å². The summed E-state index contributed by atoms with van der Waals surface area (Å²) in [5.74, 6) is 1.90. The molecular weight excluding hydrogens is 390 g/mol. The van der Waals surface area contributed by atoms with Gasteiger partial charge in [-0.15, -0.1) is 0 Å². The quantitative estimate of drug-likeness (QED) is 0.329. The summed E-state index contributed by atoms with van der Waals surface area (Å²) in [5, 5.41) is 0. The molecule has 0 saturated heterocycles. The standard InChI is InChI=1S/C26H29NO4/c1-2-26(27,25(28)30-20-21-10-5-3-6-11-21)18-9-19-29-22-14-16-24(17-15-22)31-23-12-7-4-8-13-23/h3-8,10-17H,2,9,18-20,27H2,1H3. The predicted molar refractivity (Wildman–Crippen MR) is 121 cm³/mol. The molecule has 0 amide bonds. The van der Waals surface area contributed by atoms with Gasteiger partial charge in [-0.05, 0) is 61.2 Å². The van der Waals surface area contributed by atoms with Crippen molar-refractivity contribution in [1.82, 2.24) is 0 Å². The monoisotopic (exact) mass is 419 g/mol. The van der Waals surface area contributed by atoms with Gasteiger partial charge in [-0.1, -0.05) is 55.5 Å². The summed E-state index contributed by atoms with van der Waals surface area (Å²) in [6, 6.07) is 26.7. The summed E-state index contributed by atoms with van der Waals surface area (Å²) in [7, 11) is 0. The lowest BCUT2D eigenvalue weighted by molar-refractivity contribution is -0.152. The Morgan fingerprint density at radius 3 is 2.06 bits per heavy atom. The zero-order valence-corrected chi connectivity index (χ0v) is 17.8. The second kappa shape index (κ2) is 11.2. The lowest BCUT2D eigenvalue weighted by Gasteiger charge is -2.25. The van der Waals surface area contributed by atoms with Gasteiger partial charge in [-0.25, -0.2) is 0 Å². The number of carbonyl (C=O) groups excluding carboxylic acids is 1. The van der Waals surface area contributed by atoms with Crippen LogP contribution in [0.4, 0.5) is 0 Å². The van der Waals surface area contributed by atoms with Crippen molar-refractivity contribution in [3.63, 3.8) is 0 Å². The molecule has 162 valence electrons. The minimum absolute atomic E-state index is 0.229. The van der Waals surface area contributed by atoms with E-state index in [9.17, 15) is 4.79 Å². The van der Waals surface area contributed by atoms with E-state index < -0.39 is 5.54 Å². The van der Waals surface area contributed by atoms with Crippen molar-refractivity contribution >= 4 is 5.97 Å². The van der Waals surface area contributed by atoms with E-state index in [1.54, 1.807) is 0 Å². The smallest absolute Gasteiger partial charge is 0.326 e. The van der Waals surface area contributed by atoms with E-state index in [0.29, 0.717) is 25.9 Å². The maximum atomic E-state index is 12.5. The molecular formula is C26H29NO4. The van der Waals surface area contributed by atoms with Gasteiger partial charge in [0.2, 0.25) is 0 Å². The van der Waals surface area contributed by atoms with E-state index in [1.165, 1.54) is 0 Å². The highest BCUT2D eigenvalue weighted by molar-refractivity contribution is 5.80. The van der Waals surface area contributed by atoms with E-state index in [4.69, 9.17) is 19.9 Å². The highest BCUT2D eigenvalue weighted by atomic mass is 16.5. The van der Waals surface area contributed by atoms with Gasteiger partial charge in [-0.3, -0.25) is 4.79 Å². The zero-order chi connectivity index (χ0) is 21.9. The van der Waals surface area contributed by atoms with Crippen molar-refractivity contribution in [2.75, 3.05) is 6.61 Å². The molecule has 1 atom stereocenters. The molecule has 0 fully saturated rings. The Bertz CT molecular complexity index is 929. The number of hydrogen-bond donors (Lipinski definition) is 1. The van der Waals surface area contributed by atoms with Gasteiger partial charge in [0.1, 0.15) is 29.4 Å². The number of ether oxygens (including phenoxy) is 3. The molecule has 3 aromatic carbocycles. The van der Waals surface area contributed by atoms with Crippen LogP contribution in [0, 0.1) is 0 Å². The molecule has 0 radical (unpaired) electrons. The van der Waals surface area contributed by atoms with Crippen LogP contribution in [0.2, 0.25) is 0 Å². The van der Waals surface area contributed by atoms with Gasteiger partial charge in [0.05, 0.1) is 6.61 Å². The van der Waals surface area contributed by atoms with Crippen LogP contribution in [0.5, 0.6) is 17.2 Å². The Hall–Kier alpha value is -3.31. The summed E-state index contributed by atoms with van der Waals surface area (Å²) in [4.78, 5) is 12.5. The molecule has 0 aliphatic carbocycles. The van der Waals surface area contributed by atoms with E-state index in [0.717, 1.165) is 22.8 Å². The SMILES string of the molecule is CCC(N)(CCCOc1ccc(Oc2ccccc2)cc1)C(=O)OCc1ccccc1. The van der Waals surface area contributed by atoms with Crippen LogP contribution in [0.25, 0.3) is 0 Å². The van der Waals surface area contributed by atoms with E-state index in [2.05, 4.69) is 0 Å². The predicted octanol–water partition coefficient (Wildman–Crippen LogP) is 5.49. The molecule has 2 N–H and O–H groups in total. The molecule has 0 bridgehead atoms. The Kier molecular flexibility index (Phi) is 8.07. The van der Waals surface area contributed by atoms with E-state index in [-0.39, 0.29) is 12.6 Å². The van der Waals surface area contributed by atoms with Crippen molar-refractivity contribution < 1.29 is 19.0 Å². The first-order valence-corrected chi connectivity index (χ1v) is 10.5. The second-order valence-electron chi connectivity index (χ2n) is 7.41. The van der Waals surface area contributed by atoms with Crippen LogP contribution in [-0.4, -0.2) is 18.1 Å². The fraction of sp³-hybridized carbons (Fsp3) is 0.269. The Morgan fingerprint density at radius 1 is 0.839 bits per heavy atom. The molecule has 3 aromatic rings. The third-order valence-corrected chi connectivity index (χ3v) is 5.09. The number of rotatable bonds is 11. The van der Waals surface area contributed by atoms with Crippen molar-refractivity contribution in [3.8, 4) is 17.2 Å². The summed E-state index contributed by atoms with van der Waals surface area (Å²) >= 11 is 0. The largest absolute Gasteiger partial charge is 0.494 e. The van der Waals surface area contributed by atoms with E-state index >= 15 is 0 Å². The van der Waals surface area contributed by atoms with Gasteiger partial charge in [0.15, 0.2) is 0 Å². The first-order valence-electron chi connectivity index (χ1n) is 10.5. The van der Waals surface area contributed by atoms with Crippen LogP contribution in [0.15, 0.2) is 84.9 Å². The second-order valence-corrected chi connectivity index (χ2v) is 7.41. The summed E-state index contributed by atoms with van der Waals surface area (Å²) in [5.41, 5.74) is 6.26. The molecule has 1 unspecified atom stereocenters. The minimum atomic E-state index is -1.01. The first-order chi connectivity index (χ1) is 15.1. The van der Waals surface area contributed by atoms with E-state index in [1.807, 2.05) is 91.9 Å². The van der Waals surface area contributed by atoms with Crippen molar-refractivity contribution in [1.29, 1.82) is 0 Å². The van der Waals surface area contributed by atoms with Gasteiger partial charge in [0, 0.05) is 0 Å². The number of hydrogen-bond acceptors (Lipinski definition) is 5. The number of benzene rings is 3. The van der Waals surface area contributed by atoms with Crippen LogP contribution in [0.3, 0.4) is 0 Å². The highest BCUT2D eigenvalue weighted by Crippen LogP contribution is 2.24. The molecule has 5 heteroatoms. The molecule has 0 aromatic heterocycles. The molecule has 0 heterocycles. The van der Waals surface area contributed by atoms with Crippen LogP contribution < -0.4 is 15.2 Å². The fourth-order valence-electron chi connectivity index (χ4n) is 3.10. The topological polar surface area (TPSA) is 70.8 Å². The zero-order valence-electron chi connectivity index (χ0n) is 17.8. The van der Waals surface area contributed by atoms with Crippen LogP contribution in [-0.2, 0) is 16.1 Å². The van der Waals surface area contributed by atoms with Crippen LogP contribution >= 0.6 is 0 Å². The molecule has 0 spiro atoms. The van der Waals surface area contributed by atoms with Gasteiger partial charge < -0.3 is 19.9 Å².